The Balaban J connectivity index is 1.80. The van der Waals surface area contributed by atoms with E-state index in [-0.39, 0.29) is 6.04 Å². The molecule has 0 aliphatic carbocycles. The topological polar surface area (TPSA) is 28.4 Å². The van der Waals surface area contributed by atoms with Crippen LogP contribution in [0.1, 0.15) is 44.9 Å². The molecule has 0 radical (unpaired) electrons. The molecule has 1 N–H and O–H groups in total. The largest absolute Gasteiger partial charge is 0.459 e. The molecule has 1 aromatic heterocycles. The summed E-state index contributed by atoms with van der Waals surface area (Å²) >= 11 is 0. The summed E-state index contributed by atoms with van der Waals surface area (Å²) in [6.07, 6.45) is 3.79. The van der Waals surface area contributed by atoms with Crippen LogP contribution in [0.3, 0.4) is 0 Å². The highest BCUT2D eigenvalue weighted by atomic mass is 16.3. The van der Waals surface area contributed by atoms with Gasteiger partial charge in [0, 0.05) is 18.0 Å². The molecule has 1 aliphatic heterocycles. The van der Waals surface area contributed by atoms with Crippen LogP contribution >= 0.6 is 0 Å². The van der Waals surface area contributed by atoms with Gasteiger partial charge in [-0.1, -0.05) is 25.1 Å². The lowest BCUT2D eigenvalue weighted by atomic mass is 10.1. The lowest BCUT2D eigenvalue weighted by Crippen LogP contribution is -2.37. The van der Waals surface area contributed by atoms with Crippen LogP contribution in [0.5, 0.6) is 0 Å². The predicted molar refractivity (Wildman–Crippen MR) is 87.5 cm³/mol. The summed E-state index contributed by atoms with van der Waals surface area (Å²) in [6, 6.07) is 11.5. The summed E-state index contributed by atoms with van der Waals surface area (Å²) in [5.41, 5.74) is 0.991. The number of hydrogen-bond donors (Lipinski definition) is 1. The molecule has 3 rings (SSSR count). The zero-order chi connectivity index (χ0) is 14.7. The van der Waals surface area contributed by atoms with E-state index in [0.29, 0.717) is 6.04 Å². The van der Waals surface area contributed by atoms with Crippen LogP contribution in [-0.4, -0.2) is 30.6 Å². The van der Waals surface area contributed by atoms with Gasteiger partial charge < -0.3 is 9.73 Å². The summed E-state index contributed by atoms with van der Waals surface area (Å²) in [7, 11) is 0. The average Bonchev–Trinajstić information content (AvgIpc) is 3.09. The summed E-state index contributed by atoms with van der Waals surface area (Å²) in [4.78, 5) is 2.58. The lowest BCUT2D eigenvalue weighted by molar-refractivity contribution is 0.226. The second kappa shape index (κ2) is 6.63. The van der Waals surface area contributed by atoms with Gasteiger partial charge >= 0.3 is 0 Å². The SMILES string of the molecule is CCCNC(CN1CCCC1C)c1cc2ccccc2o1. The maximum Gasteiger partial charge on any atom is 0.134 e. The van der Waals surface area contributed by atoms with Crippen LogP contribution in [-0.2, 0) is 0 Å². The fourth-order valence-corrected chi connectivity index (χ4v) is 3.25. The van der Waals surface area contributed by atoms with Crippen molar-refractivity contribution in [2.45, 2.75) is 45.2 Å². The predicted octanol–water partition coefficient (Wildman–Crippen LogP) is 3.96. The minimum atomic E-state index is 0.290. The van der Waals surface area contributed by atoms with Gasteiger partial charge in [-0.25, -0.2) is 0 Å². The minimum Gasteiger partial charge on any atom is -0.459 e. The molecular weight excluding hydrogens is 260 g/mol. The van der Waals surface area contributed by atoms with Gasteiger partial charge in [-0.2, -0.15) is 0 Å². The highest BCUT2D eigenvalue weighted by molar-refractivity contribution is 5.77. The number of nitrogens with one attached hydrogen (secondary N) is 1. The number of rotatable bonds is 6. The number of likely N-dealkylation sites (tertiary alicyclic amines) is 1. The molecule has 2 atom stereocenters. The van der Waals surface area contributed by atoms with Gasteiger partial charge in [-0.05, 0) is 51.4 Å². The van der Waals surface area contributed by atoms with Crippen LogP contribution in [0.15, 0.2) is 34.7 Å². The number of nitrogens with zero attached hydrogens (tertiary/aromatic N) is 1. The van der Waals surface area contributed by atoms with Gasteiger partial charge in [-0.15, -0.1) is 0 Å². The Morgan fingerprint density at radius 1 is 1.38 bits per heavy atom. The molecule has 0 spiro atoms. The zero-order valence-corrected chi connectivity index (χ0v) is 13.1. The zero-order valence-electron chi connectivity index (χ0n) is 13.1. The maximum absolute atomic E-state index is 6.08. The molecule has 3 nitrogen and oxygen atoms in total. The van der Waals surface area contributed by atoms with Crippen LogP contribution in [0.4, 0.5) is 0 Å². The van der Waals surface area contributed by atoms with E-state index in [0.717, 1.165) is 30.9 Å². The van der Waals surface area contributed by atoms with Crippen molar-refractivity contribution in [3.8, 4) is 0 Å². The van der Waals surface area contributed by atoms with Gasteiger partial charge in [0.05, 0.1) is 6.04 Å². The van der Waals surface area contributed by atoms with Gasteiger partial charge in [-0.3, -0.25) is 4.90 Å². The molecule has 2 aromatic rings. The van der Waals surface area contributed by atoms with Crippen LogP contribution < -0.4 is 5.32 Å². The first kappa shape index (κ1) is 14.6. The fourth-order valence-electron chi connectivity index (χ4n) is 3.25. The summed E-state index contributed by atoms with van der Waals surface area (Å²) in [5.74, 6) is 1.07. The summed E-state index contributed by atoms with van der Waals surface area (Å²) in [6.45, 7) is 7.83. The molecule has 1 fully saturated rings. The third kappa shape index (κ3) is 3.30. The molecular formula is C18H26N2O. The van der Waals surface area contributed by atoms with E-state index in [1.54, 1.807) is 0 Å². The van der Waals surface area contributed by atoms with E-state index in [4.69, 9.17) is 4.42 Å². The first-order valence-corrected chi connectivity index (χ1v) is 8.24. The second-order valence-corrected chi connectivity index (χ2v) is 6.18. The third-order valence-corrected chi connectivity index (χ3v) is 4.54. The van der Waals surface area contributed by atoms with E-state index in [1.165, 1.54) is 24.8 Å². The molecule has 0 amide bonds. The standard InChI is InChI=1S/C18H26N2O/c1-3-10-19-16(13-20-11-6-7-14(20)2)18-12-15-8-4-5-9-17(15)21-18/h4-5,8-9,12,14,16,19H,3,6-7,10-11,13H2,1-2H3. The van der Waals surface area contributed by atoms with Crippen molar-refractivity contribution in [1.82, 2.24) is 10.2 Å². The first-order chi connectivity index (χ1) is 10.3. The molecule has 3 heteroatoms. The van der Waals surface area contributed by atoms with Crippen LogP contribution in [0.2, 0.25) is 0 Å². The molecule has 1 saturated heterocycles. The summed E-state index contributed by atoms with van der Waals surface area (Å²) in [5, 5.41) is 4.86. The molecule has 2 unspecified atom stereocenters. The molecule has 21 heavy (non-hydrogen) atoms. The van der Waals surface area contributed by atoms with E-state index >= 15 is 0 Å². The van der Waals surface area contributed by atoms with E-state index in [9.17, 15) is 0 Å². The lowest BCUT2D eigenvalue weighted by Gasteiger charge is -2.26. The monoisotopic (exact) mass is 286 g/mol. The quantitative estimate of drug-likeness (QED) is 0.871. The van der Waals surface area contributed by atoms with Crippen molar-refractivity contribution in [3.63, 3.8) is 0 Å². The number of fused-ring (bicyclic) bond motifs is 1. The Morgan fingerprint density at radius 2 is 2.24 bits per heavy atom. The number of furan rings is 1. The molecule has 0 saturated carbocycles. The highest BCUT2D eigenvalue weighted by Crippen LogP contribution is 2.26. The Hall–Kier alpha value is -1.32. The van der Waals surface area contributed by atoms with Crippen molar-refractivity contribution in [3.05, 3.63) is 36.1 Å². The molecule has 1 aliphatic rings. The van der Waals surface area contributed by atoms with Crippen molar-refractivity contribution in [1.29, 1.82) is 0 Å². The molecule has 0 bridgehead atoms. The van der Waals surface area contributed by atoms with Gasteiger partial charge in [0.15, 0.2) is 0 Å². The van der Waals surface area contributed by atoms with Crippen LogP contribution in [0.25, 0.3) is 11.0 Å². The maximum atomic E-state index is 6.08. The van der Waals surface area contributed by atoms with E-state index < -0.39 is 0 Å². The first-order valence-electron chi connectivity index (χ1n) is 8.24. The van der Waals surface area contributed by atoms with Crippen molar-refractivity contribution in [2.75, 3.05) is 19.6 Å². The van der Waals surface area contributed by atoms with Gasteiger partial charge in [0.1, 0.15) is 11.3 Å². The van der Waals surface area contributed by atoms with Gasteiger partial charge in [0.2, 0.25) is 0 Å². The Labute approximate surface area is 127 Å². The van der Waals surface area contributed by atoms with Crippen LogP contribution in [0, 0.1) is 0 Å². The highest BCUT2D eigenvalue weighted by Gasteiger charge is 2.25. The minimum absolute atomic E-state index is 0.290. The third-order valence-electron chi connectivity index (χ3n) is 4.54. The fraction of sp³-hybridized carbons (Fsp3) is 0.556. The molecule has 2 heterocycles. The Bertz CT molecular complexity index is 544. The summed E-state index contributed by atoms with van der Waals surface area (Å²) < 4.78 is 6.08. The Kier molecular flexibility index (Phi) is 4.61. The molecule has 114 valence electrons. The number of benzene rings is 1. The van der Waals surface area contributed by atoms with Crippen molar-refractivity contribution >= 4 is 11.0 Å². The van der Waals surface area contributed by atoms with Gasteiger partial charge in [0.25, 0.3) is 0 Å². The van der Waals surface area contributed by atoms with Crippen molar-refractivity contribution < 1.29 is 4.42 Å². The number of hydrogen-bond acceptors (Lipinski definition) is 3. The molecule has 1 aromatic carbocycles. The Morgan fingerprint density at radius 3 is 2.95 bits per heavy atom. The van der Waals surface area contributed by atoms with Crippen molar-refractivity contribution in [2.24, 2.45) is 0 Å². The number of para-hydroxylation sites is 1. The second-order valence-electron chi connectivity index (χ2n) is 6.18. The van der Waals surface area contributed by atoms with E-state index in [1.807, 2.05) is 12.1 Å². The smallest absolute Gasteiger partial charge is 0.134 e. The van der Waals surface area contributed by atoms with E-state index in [2.05, 4.69) is 42.3 Å². The normalized spacial score (nSPS) is 21.1. The average molecular weight is 286 g/mol.